The van der Waals surface area contributed by atoms with Gasteiger partial charge in [-0.3, -0.25) is 0 Å². The number of nitrogens with zero attached hydrogens (tertiary/aromatic N) is 1. The van der Waals surface area contributed by atoms with Crippen molar-refractivity contribution in [2.45, 2.75) is 53.5 Å². The molecule has 0 saturated heterocycles. The Bertz CT molecular complexity index is 987. The molecule has 0 spiro atoms. The number of hydrogen-bond acceptors (Lipinski definition) is 1. The minimum absolute atomic E-state index is 0. The van der Waals surface area contributed by atoms with Crippen molar-refractivity contribution in [2.75, 3.05) is 0 Å². The Hall–Kier alpha value is 2.33. The average Bonchev–Trinajstić information content (AvgIpc) is 2.90. The predicted octanol–water partition coefficient (Wildman–Crippen LogP) is 4.50. The van der Waals surface area contributed by atoms with E-state index in [1.165, 1.54) is 22.3 Å². The maximum Gasteiger partial charge on any atom is 0.0734 e. The van der Waals surface area contributed by atoms with E-state index in [0.717, 1.165) is 17.7 Å². The van der Waals surface area contributed by atoms with Gasteiger partial charge in [-0.05, 0) is 37.0 Å². The molecule has 0 N–H and O–H groups in total. The van der Waals surface area contributed by atoms with Crippen LogP contribution in [0.25, 0.3) is 11.1 Å². The zero-order valence-electron chi connectivity index (χ0n) is 17.7. The first kappa shape index (κ1) is 30.3. The Morgan fingerprint density at radius 2 is 1.54 bits per heavy atom. The van der Waals surface area contributed by atoms with Gasteiger partial charge in [0, 0.05) is 142 Å². The summed E-state index contributed by atoms with van der Waals surface area (Å²) in [5.74, 6) is 0. The van der Waals surface area contributed by atoms with Crippen molar-refractivity contribution in [3.63, 3.8) is 0 Å². The van der Waals surface area contributed by atoms with Gasteiger partial charge in [0.25, 0.3) is 0 Å². The summed E-state index contributed by atoms with van der Waals surface area (Å²) in [7, 11) is 0. The van der Waals surface area contributed by atoms with Crippen LogP contribution in [0.1, 0.15) is 55.6 Å². The van der Waals surface area contributed by atoms with Gasteiger partial charge in [-0.25, -0.2) is 0 Å². The molecule has 28 heavy (non-hydrogen) atoms. The molecule has 4 radical (unpaired) electrons. The molecule has 1 aromatic heterocycles. The summed E-state index contributed by atoms with van der Waals surface area (Å²) in [6.45, 7) is 13.0. The number of allylic oxidation sites excluding steroid dienone is 2. The summed E-state index contributed by atoms with van der Waals surface area (Å²) >= 11 is 0. The second-order valence-corrected chi connectivity index (χ2v) is 8.25. The summed E-state index contributed by atoms with van der Waals surface area (Å²) < 4.78 is 2.24. The Morgan fingerprint density at radius 1 is 0.964 bits per heavy atom. The van der Waals surface area contributed by atoms with E-state index in [4.69, 9.17) is 0 Å². The van der Waals surface area contributed by atoms with Gasteiger partial charge in [-0.2, -0.15) is 0 Å². The molecule has 2 nitrogen and oxygen atoms in total. The van der Waals surface area contributed by atoms with Crippen LogP contribution in [0.15, 0.2) is 29.1 Å². The normalized spacial score (nSPS) is 16.9. The second-order valence-electron chi connectivity index (χ2n) is 8.25. The molecule has 2 heterocycles. The van der Waals surface area contributed by atoms with Crippen LogP contribution in [0, 0.1) is 25.5 Å². The van der Waals surface area contributed by atoms with E-state index in [1.807, 2.05) is 13.8 Å². The zero-order valence-corrected chi connectivity index (χ0v) is 29.0. The van der Waals surface area contributed by atoms with Crippen molar-refractivity contribution in [3.05, 3.63) is 68.6 Å². The molecule has 0 amide bonds. The fourth-order valence-electron chi connectivity index (χ4n) is 4.47. The van der Waals surface area contributed by atoms with Gasteiger partial charge in [0.05, 0.1) is 5.43 Å². The van der Waals surface area contributed by atoms with Crippen LogP contribution >= 0.6 is 0 Å². The van der Waals surface area contributed by atoms with Gasteiger partial charge in [-0.1, -0.05) is 75.0 Å². The van der Waals surface area contributed by atoms with Crippen LogP contribution in [0.4, 0.5) is 0 Å². The van der Waals surface area contributed by atoms with E-state index in [1.54, 1.807) is 0 Å². The third-order valence-corrected chi connectivity index (χ3v) is 6.49. The largest absolute Gasteiger partial charge is 0.449 e. The summed E-state index contributed by atoms with van der Waals surface area (Å²) in [5.41, 5.74) is 8.00. The first-order valence-electron chi connectivity index (χ1n) is 8.66. The number of aryl methyl sites for hydroxylation is 1. The summed E-state index contributed by atoms with van der Waals surface area (Å²) in [5, 5.41) is 0. The Kier molecular flexibility index (Phi) is 11.4. The molecule has 6 heteroatoms. The molecule has 136 valence electrons. The SMILES string of the molecule is Cc1[c-]n2c(c(C)c1=O)C1=C(c3ccccc3C1)C(C)(C)C2(C)C.[Y].[Y].[Y].[Y]. The van der Waals surface area contributed by atoms with E-state index in [0.29, 0.717) is 5.56 Å². The minimum Gasteiger partial charge on any atom is -0.449 e. The number of hydrogen-bond donors (Lipinski definition) is 0. The maximum absolute atomic E-state index is 12.6. The Balaban J connectivity index is 0.00000182. The number of benzene rings is 1. The van der Waals surface area contributed by atoms with Crippen molar-refractivity contribution in [1.29, 1.82) is 0 Å². The van der Waals surface area contributed by atoms with Crippen LogP contribution in [0.2, 0.25) is 0 Å². The van der Waals surface area contributed by atoms with E-state index < -0.39 is 0 Å². The Morgan fingerprint density at radius 3 is 2.14 bits per heavy atom. The minimum atomic E-state index is -0.165. The number of rotatable bonds is 0. The second kappa shape index (κ2) is 10.5. The van der Waals surface area contributed by atoms with Gasteiger partial charge in [0.1, 0.15) is 0 Å². The molecule has 1 aromatic carbocycles. The molecule has 1 aliphatic heterocycles. The van der Waals surface area contributed by atoms with Crippen LogP contribution in [-0.4, -0.2) is 4.57 Å². The maximum atomic E-state index is 12.6. The van der Waals surface area contributed by atoms with Crippen molar-refractivity contribution in [3.8, 4) is 0 Å². The summed E-state index contributed by atoms with van der Waals surface area (Å²) in [6, 6.07) is 8.67. The van der Waals surface area contributed by atoms with Gasteiger partial charge in [0.2, 0.25) is 0 Å². The first-order valence-corrected chi connectivity index (χ1v) is 8.66. The molecule has 2 aromatic rings. The predicted molar refractivity (Wildman–Crippen MR) is 99.1 cm³/mol. The molecule has 0 bridgehead atoms. The summed E-state index contributed by atoms with van der Waals surface area (Å²) in [4.78, 5) is 12.6. The van der Waals surface area contributed by atoms with E-state index in [9.17, 15) is 4.79 Å². The van der Waals surface area contributed by atoms with Crippen LogP contribution < -0.4 is 5.43 Å². The molecule has 0 unspecified atom stereocenters. The van der Waals surface area contributed by atoms with Crippen molar-refractivity contribution < 1.29 is 131 Å². The molecular weight excluding hydrogens is 650 g/mol. The quantitative estimate of drug-likeness (QED) is 0.378. The summed E-state index contributed by atoms with van der Waals surface area (Å²) in [6.07, 6.45) is 4.30. The smallest absolute Gasteiger partial charge is 0.0734 e. The number of aromatic nitrogens is 1. The third-order valence-electron chi connectivity index (χ3n) is 6.49. The molecule has 0 fully saturated rings. The van der Waals surface area contributed by atoms with Gasteiger partial charge < -0.3 is 9.36 Å². The van der Waals surface area contributed by atoms with Crippen LogP contribution in [0.5, 0.6) is 0 Å². The van der Waals surface area contributed by atoms with Crippen molar-refractivity contribution in [1.82, 2.24) is 4.57 Å². The van der Waals surface area contributed by atoms with Gasteiger partial charge in [-0.15, -0.1) is 5.56 Å². The fraction of sp³-hybridized carbons (Fsp3) is 0.409. The number of pyridine rings is 1. The Labute approximate surface area is 269 Å². The number of fused-ring (bicyclic) bond motifs is 4. The standard InChI is InChI=1S/C22H24NO.4Y/c1-13-12-23-19(14(2)20(13)24)17-11-15-9-7-8-10-16(15)18(17)21(3,4)22(23,5)6;;;;/h7-10H,11H2,1-6H3;;;;/q-1;;;;. The molecule has 1 aliphatic carbocycles. The van der Waals surface area contributed by atoms with E-state index in [2.05, 4.69) is 62.7 Å². The fourth-order valence-corrected chi connectivity index (χ4v) is 4.47. The van der Waals surface area contributed by atoms with Crippen molar-refractivity contribution >= 4 is 11.1 Å². The molecule has 0 atom stereocenters. The van der Waals surface area contributed by atoms with Crippen LogP contribution in [-0.2, 0) is 143 Å². The van der Waals surface area contributed by atoms with Gasteiger partial charge >= 0.3 is 0 Å². The average molecular weight is 674 g/mol. The third kappa shape index (κ3) is 4.28. The topological polar surface area (TPSA) is 22.0 Å². The van der Waals surface area contributed by atoms with Crippen LogP contribution in [0.3, 0.4) is 0 Å². The molecule has 2 aliphatic rings. The molecule has 0 saturated carbocycles. The molecular formula is C22H24NOY4-. The van der Waals surface area contributed by atoms with Crippen molar-refractivity contribution in [2.24, 2.45) is 5.41 Å². The van der Waals surface area contributed by atoms with E-state index >= 15 is 0 Å². The van der Waals surface area contributed by atoms with Gasteiger partial charge in [0.15, 0.2) is 0 Å². The zero-order chi connectivity index (χ0) is 17.4. The van der Waals surface area contributed by atoms with E-state index in [-0.39, 0.29) is 147 Å². The first-order chi connectivity index (χ1) is 11.2. The molecule has 4 rings (SSSR count). The monoisotopic (exact) mass is 674 g/mol.